The normalized spacial score (nSPS) is 13.8. The van der Waals surface area contributed by atoms with E-state index in [0.29, 0.717) is 23.5 Å². The quantitative estimate of drug-likeness (QED) is 0.685. The zero-order valence-electron chi connectivity index (χ0n) is 17.9. The molecule has 4 rings (SSSR count). The van der Waals surface area contributed by atoms with Gasteiger partial charge in [-0.3, -0.25) is 9.59 Å². The number of hydrogen-bond donors (Lipinski definition) is 1. The third kappa shape index (κ3) is 4.55. The predicted molar refractivity (Wildman–Crippen MR) is 121 cm³/mol. The summed E-state index contributed by atoms with van der Waals surface area (Å²) in [6.45, 7) is 6.58. The van der Waals surface area contributed by atoms with Gasteiger partial charge in [-0.1, -0.05) is 24.3 Å². The van der Waals surface area contributed by atoms with E-state index in [2.05, 4.69) is 20.0 Å². The van der Waals surface area contributed by atoms with E-state index in [0.717, 1.165) is 29.1 Å². The summed E-state index contributed by atoms with van der Waals surface area (Å²) < 4.78 is 2.06. The van der Waals surface area contributed by atoms with Crippen molar-refractivity contribution < 1.29 is 9.59 Å². The van der Waals surface area contributed by atoms with Crippen molar-refractivity contribution in [1.82, 2.24) is 9.55 Å². The molecule has 158 valence electrons. The fourth-order valence-corrected chi connectivity index (χ4v) is 3.52. The van der Waals surface area contributed by atoms with Crippen molar-refractivity contribution in [1.29, 1.82) is 0 Å². The fourth-order valence-electron chi connectivity index (χ4n) is 3.52. The molecule has 7 heteroatoms. The van der Waals surface area contributed by atoms with E-state index in [9.17, 15) is 9.59 Å². The number of carbonyl (C=O) groups is 2. The van der Waals surface area contributed by atoms with Crippen LogP contribution < -0.4 is 10.3 Å². The summed E-state index contributed by atoms with van der Waals surface area (Å²) in [4.78, 5) is 29.5. The minimum Gasteiger partial charge on any atom is -0.331 e. The van der Waals surface area contributed by atoms with Crippen LogP contribution in [0.25, 0.3) is 0 Å². The van der Waals surface area contributed by atoms with E-state index in [-0.39, 0.29) is 18.2 Å². The monoisotopic (exact) mass is 415 g/mol. The number of amides is 2. The van der Waals surface area contributed by atoms with E-state index >= 15 is 0 Å². The molecule has 0 atom stereocenters. The second kappa shape index (κ2) is 8.55. The summed E-state index contributed by atoms with van der Waals surface area (Å²) in [6, 6.07) is 13.6. The van der Waals surface area contributed by atoms with Gasteiger partial charge in [0.15, 0.2) is 0 Å². The molecule has 1 aliphatic heterocycles. The third-order valence-electron chi connectivity index (χ3n) is 5.38. The molecule has 0 saturated heterocycles. The number of nitrogens with zero attached hydrogens (tertiary/aromatic N) is 4. The van der Waals surface area contributed by atoms with Crippen molar-refractivity contribution in [3.63, 3.8) is 0 Å². The Morgan fingerprint density at radius 3 is 2.55 bits per heavy atom. The summed E-state index contributed by atoms with van der Waals surface area (Å²) >= 11 is 0. The number of carbonyl (C=O) groups excluding carboxylic acids is 2. The van der Waals surface area contributed by atoms with E-state index in [1.54, 1.807) is 6.20 Å². The third-order valence-corrected chi connectivity index (χ3v) is 5.38. The summed E-state index contributed by atoms with van der Waals surface area (Å²) in [6.07, 6.45) is 4.29. The first-order chi connectivity index (χ1) is 14.9. The van der Waals surface area contributed by atoms with Crippen molar-refractivity contribution in [2.45, 2.75) is 40.2 Å². The van der Waals surface area contributed by atoms with Crippen LogP contribution in [0.5, 0.6) is 0 Å². The highest BCUT2D eigenvalue weighted by Crippen LogP contribution is 2.25. The SMILES string of the molecule is Cc1ccc(C)c(N2N=C(C(=O)Nc3ccc(Cn4ccnc4C)cc3)CCC2=O)c1. The number of benzene rings is 2. The number of aromatic nitrogens is 2. The van der Waals surface area contributed by atoms with Crippen LogP contribution >= 0.6 is 0 Å². The molecule has 0 aliphatic carbocycles. The minimum atomic E-state index is -0.291. The van der Waals surface area contributed by atoms with Gasteiger partial charge in [-0.15, -0.1) is 0 Å². The molecule has 3 aromatic rings. The molecule has 0 bridgehead atoms. The zero-order chi connectivity index (χ0) is 22.0. The molecule has 1 aromatic heterocycles. The van der Waals surface area contributed by atoms with Crippen LogP contribution in [-0.4, -0.2) is 27.1 Å². The van der Waals surface area contributed by atoms with Gasteiger partial charge in [-0.25, -0.2) is 9.99 Å². The second-order valence-corrected chi connectivity index (χ2v) is 7.80. The maximum Gasteiger partial charge on any atom is 0.271 e. The summed E-state index contributed by atoms with van der Waals surface area (Å²) in [5.41, 5.74) is 4.83. The molecule has 7 nitrogen and oxygen atoms in total. The molecule has 0 saturated carbocycles. The van der Waals surface area contributed by atoms with Crippen molar-refractivity contribution in [2.24, 2.45) is 5.10 Å². The van der Waals surface area contributed by atoms with Crippen molar-refractivity contribution in [2.75, 3.05) is 10.3 Å². The number of aryl methyl sites for hydroxylation is 3. The van der Waals surface area contributed by atoms with E-state index in [1.165, 1.54) is 5.01 Å². The lowest BCUT2D eigenvalue weighted by atomic mass is 10.1. The molecule has 2 amide bonds. The topological polar surface area (TPSA) is 79.6 Å². The van der Waals surface area contributed by atoms with Crippen LogP contribution in [-0.2, 0) is 16.1 Å². The minimum absolute atomic E-state index is 0.107. The number of anilines is 2. The van der Waals surface area contributed by atoms with Gasteiger partial charge >= 0.3 is 0 Å². The largest absolute Gasteiger partial charge is 0.331 e. The number of rotatable bonds is 5. The Morgan fingerprint density at radius 2 is 1.84 bits per heavy atom. The molecule has 1 aliphatic rings. The van der Waals surface area contributed by atoms with Crippen LogP contribution in [0.4, 0.5) is 11.4 Å². The Morgan fingerprint density at radius 1 is 1.06 bits per heavy atom. The molecule has 1 N–H and O–H groups in total. The maximum atomic E-state index is 12.8. The molecular formula is C24H25N5O2. The molecule has 2 heterocycles. The smallest absolute Gasteiger partial charge is 0.271 e. The summed E-state index contributed by atoms with van der Waals surface area (Å²) in [5, 5.41) is 8.64. The van der Waals surface area contributed by atoms with Crippen LogP contribution in [0, 0.1) is 20.8 Å². The molecule has 0 fully saturated rings. The molecule has 0 unspecified atom stereocenters. The Balaban J connectivity index is 1.48. The van der Waals surface area contributed by atoms with Crippen molar-refractivity contribution in [3.05, 3.63) is 77.4 Å². The number of hydrazone groups is 1. The lowest BCUT2D eigenvalue weighted by Crippen LogP contribution is -2.36. The molecular weight excluding hydrogens is 390 g/mol. The van der Waals surface area contributed by atoms with Gasteiger partial charge in [-0.05, 0) is 55.7 Å². The van der Waals surface area contributed by atoms with Crippen LogP contribution in [0.1, 0.15) is 35.4 Å². The van der Waals surface area contributed by atoms with Gasteiger partial charge in [0.2, 0.25) is 5.91 Å². The average molecular weight is 415 g/mol. The number of hydrogen-bond acceptors (Lipinski definition) is 4. The van der Waals surface area contributed by atoms with Gasteiger partial charge in [0, 0.05) is 37.5 Å². The number of nitrogens with one attached hydrogen (secondary N) is 1. The van der Waals surface area contributed by atoms with Crippen LogP contribution in [0.3, 0.4) is 0 Å². The van der Waals surface area contributed by atoms with E-state index in [4.69, 9.17) is 0 Å². The van der Waals surface area contributed by atoms with Crippen molar-refractivity contribution in [3.8, 4) is 0 Å². The zero-order valence-corrected chi connectivity index (χ0v) is 17.9. The first kappa shape index (κ1) is 20.5. The number of imidazole rings is 1. The summed E-state index contributed by atoms with van der Waals surface area (Å²) in [5.74, 6) is 0.557. The lowest BCUT2D eigenvalue weighted by Gasteiger charge is -2.24. The maximum absolute atomic E-state index is 12.8. The average Bonchev–Trinajstić information content (AvgIpc) is 3.16. The highest BCUT2D eigenvalue weighted by atomic mass is 16.2. The van der Waals surface area contributed by atoms with Crippen LogP contribution in [0.2, 0.25) is 0 Å². The standard InChI is InChI=1S/C24H25N5O2/c1-16-4-5-17(2)22(14-16)29-23(30)11-10-21(27-29)24(31)26-20-8-6-19(7-9-20)15-28-13-12-25-18(28)3/h4-9,12-14H,10-11,15H2,1-3H3,(H,26,31). The van der Waals surface area contributed by atoms with Crippen molar-refractivity contribution >= 4 is 28.9 Å². The Kier molecular flexibility index (Phi) is 5.66. The Hall–Kier alpha value is -3.74. The molecule has 2 aromatic carbocycles. The second-order valence-electron chi connectivity index (χ2n) is 7.80. The van der Waals surface area contributed by atoms with Gasteiger partial charge in [-0.2, -0.15) is 5.10 Å². The van der Waals surface area contributed by atoms with Gasteiger partial charge in [0.05, 0.1) is 5.69 Å². The van der Waals surface area contributed by atoms with Gasteiger partial charge < -0.3 is 9.88 Å². The van der Waals surface area contributed by atoms with E-state index < -0.39 is 0 Å². The summed E-state index contributed by atoms with van der Waals surface area (Å²) in [7, 11) is 0. The van der Waals surface area contributed by atoms with Gasteiger partial charge in [0.1, 0.15) is 11.5 Å². The predicted octanol–water partition coefficient (Wildman–Crippen LogP) is 3.98. The lowest BCUT2D eigenvalue weighted by molar-refractivity contribution is -0.118. The fraction of sp³-hybridized carbons (Fsp3) is 0.250. The molecule has 31 heavy (non-hydrogen) atoms. The highest BCUT2D eigenvalue weighted by Gasteiger charge is 2.26. The first-order valence-corrected chi connectivity index (χ1v) is 10.3. The van der Waals surface area contributed by atoms with Crippen LogP contribution in [0.15, 0.2) is 60.0 Å². The first-order valence-electron chi connectivity index (χ1n) is 10.3. The molecule has 0 spiro atoms. The van der Waals surface area contributed by atoms with Gasteiger partial charge in [0.25, 0.3) is 5.91 Å². The highest BCUT2D eigenvalue weighted by molar-refractivity contribution is 6.44. The van der Waals surface area contributed by atoms with E-state index in [1.807, 2.05) is 69.4 Å². The Bertz CT molecular complexity index is 1160. The molecule has 0 radical (unpaired) electrons. The Labute approximate surface area is 181 Å².